The van der Waals surface area contributed by atoms with E-state index in [9.17, 15) is 0 Å². The molecule has 1 N–H and O–H groups in total. The lowest BCUT2D eigenvalue weighted by molar-refractivity contribution is 0.565. The predicted molar refractivity (Wildman–Crippen MR) is 142 cm³/mol. The maximum absolute atomic E-state index is 5.88. The SMILES string of the molecule is Cc1ccc(N2C(=S)N[C@H](c3ccccn3)[C@H]2c2cc(C)n(-c3ccccc3Br)c2C)cc1. The maximum Gasteiger partial charge on any atom is 0.174 e. The van der Waals surface area contributed by atoms with Crippen molar-refractivity contribution in [2.45, 2.75) is 32.9 Å². The summed E-state index contributed by atoms with van der Waals surface area (Å²) in [4.78, 5) is 6.92. The zero-order valence-electron chi connectivity index (χ0n) is 18.8. The Bertz CT molecular complexity index is 1310. The molecule has 0 aliphatic carbocycles. The topological polar surface area (TPSA) is 33.1 Å². The van der Waals surface area contributed by atoms with Crippen molar-refractivity contribution in [1.82, 2.24) is 14.9 Å². The lowest BCUT2D eigenvalue weighted by Crippen LogP contribution is -2.29. The minimum atomic E-state index is -0.0619. The Morgan fingerprint density at radius 1 is 0.939 bits per heavy atom. The normalized spacial score (nSPS) is 17.9. The monoisotopic (exact) mass is 516 g/mol. The Kier molecular flexibility index (Phi) is 5.81. The molecule has 0 unspecified atom stereocenters. The highest BCUT2D eigenvalue weighted by molar-refractivity contribution is 9.10. The van der Waals surface area contributed by atoms with E-state index in [1.807, 2.05) is 24.4 Å². The van der Waals surface area contributed by atoms with Crippen LogP contribution < -0.4 is 10.2 Å². The van der Waals surface area contributed by atoms with Gasteiger partial charge in [0.15, 0.2) is 5.11 Å². The zero-order valence-corrected chi connectivity index (χ0v) is 21.2. The average molecular weight is 517 g/mol. The van der Waals surface area contributed by atoms with E-state index >= 15 is 0 Å². The van der Waals surface area contributed by atoms with E-state index in [0.29, 0.717) is 5.11 Å². The molecule has 0 saturated carbocycles. The van der Waals surface area contributed by atoms with Gasteiger partial charge in [-0.15, -0.1) is 0 Å². The van der Waals surface area contributed by atoms with Crippen molar-refractivity contribution >= 4 is 38.9 Å². The molecule has 2 aromatic heterocycles. The largest absolute Gasteiger partial charge is 0.351 e. The first-order chi connectivity index (χ1) is 16.0. The van der Waals surface area contributed by atoms with E-state index in [1.54, 1.807) is 0 Å². The molecule has 2 atom stereocenters. The van der Waals surface area contributed by atoms with Crippen LogP contribution in [0.25, 0.3) is 5.69 Å². The molecule has 1 saturated heterocycles. The van der Waals surface area contributed by atoms with E-state index in [2.05, 4.69) is 111 Å². The van der Waals surface area contributed by atoms with Crippen LogP contribution in [0.4, 0.5) is 5.69 Å². The standard InChI is InChI=1S/C27H25BrN4S/c1-17-11-13-20(14-12-17)32-26(25(30-27(32)33)23-9-6-7-15-29-23)21-16-18(2)31(19(21)3)24-10-5-4-8-22(24)28/h4-16,25-26H,1-3H3,(H,30,33)/t25-,26-/m1/s1. The van der Waals surface area contributed by atoms with Gasteiger partial charge in [-0.25, -0.2) is 0 Å². The van der Waals surface area contributed by atoms with Crippen molar-refractivity contribution in [1.29, 1.82) is 0 Å². The van der Waals surface area contributed by atoms with Crippen molar-refractivity contribution in [3.63, 3.8) is 0 Å². The molecular weight excluding hydrogens is 492 g/mol. The highest BCUT2D eigenvalue weighted by Crippen LogP contribution is 2.44. The Hall–Kier alpha value is -2.96. The first kappa shape index (κ1) is 21.9. The van der Waals surface area contributed by atoms with Gasteiger partial charge in [-0.1, -0.05) is 35.9 Å². The Balaban J connectivity index is 1.69. The van der Waals surface area contributed by atoms with Crippen LogP contribution in [0.5, 0.6) is 0 Å². The van der Waals surface area contributed by atoms with Crippen LogP contribution in [0.3, 0.4) is 0 Å². The fourth-order valence-corrected chi connectivity index (χ4v) is 5.55. The van der Waals surface area contributed by atoms with Crippen molar-refractivity contribution in [3.05, 3.63) is 112 Å². The third kappa shape index (κ3) is 3.87. The minimum absolute atomic E-state index is 0.0301. The maximum atomic E-state index is 5.88. The number of pyridine rings is 1. The summed E-state index contributed by atoms with van der Waals surface area (Å²) >= 11 is 9.61. The van der Waals surface area contributed by atoms with Crippen molar-refractivity contribution in [2.75, 3.05) is 4.90 Å². The number of hydrogen-bond donors (Lipinski definition) is 1. The van der Waals surface area contributed by atoms with Gasteiger partial charge >= 0.3 is 0 Å². The number of nitrogens with zero attached hydrogens (tertiary/aromatic N) is 3. The first-order valence-corrected chi connectivity index (χ1v) is 12.2. The van der Waals surface area contributed by atoms with Gasteiger partial charge in [-0.3, -0.25) is 4.98 Å². The number of rotatable bonds is 4. The summed E-state index contributed by atoms with van der Waals surface area (Å²) in [7, 11) is 0. The van der Waals surface area contributed by atoms with Gasteiger partial charge in [0, 0.05) is 27.7 Å². The first-order valence-electron chi connectivity index (χ1n) is 11.0. The third-order valence-electron chi connectivity index (χ3n) is 6.29. The minimum Gasteiger partial charge on any atom is -0.351 e. The molecule has 1 aliphatic heterocycles. The molecule has 0 spiro atoms. The molecule has 0 bridgehead atoms. The number of thiocarbonyl (C=S) groups is 1. The van der Waals surface area contributed by atoms with Crippen LogP contribution in [0.15, 0.2) is 83.5 Å². The van der Waals surface area contributed by atoms with Gasteiger partial charge in [0.1, 0.15) is 0 Å². The van der Waals surface area contributed by atoms with E-state index in [1.165, 1.54) is 22.5 Å². The van der Waals surface area contributed by atoms with Crippen molar-refractivity contribution < 1.29 is 0 Å². The summed E-state index contributed by atoms with van der Waals surface area (Å²) in [5, 5.41) is 4.28. The number of aromatic nitrogens is 2. The summed E-state index contributed by atoms with van der Waals surface area (Å²) in [6.45, 7) is 6.44. The van der Waals surface area contributed by atoms with Crippen LogP contribution >= 0.6 is 28.1 Å². The van der Waals surface area contributed by atoms with Crippen LogP contribution in [0.1, 0.15) is 40.3 Å². The van der Waals surface area contributed by atoms with Crippen LogP contribution in [-0.2, 0) is 0 Å². The molecule has 166 valence electrons. The van der Waals surface area contributed by atoms with E-state index in [4.69, 9.17) is 12.2 Å². The van der Waals surface area contributed by atoms with E-state index in [-0.39, 0.29) is 12.1 Å². The Labute approximate surface area is 208 Å². The van der Waals surface area contributed by atoms with Crippen LogP contribution in [-0.4, -0.2) is 14.7 Å². The van der Waals surface area contributed by atoms with Crippen LogP contribution in [0.2, 0.25) is 0 Å². The number of para-hydroxylation sites is 1. The molecule has 0 amide bonds. The molecule has 0 radical (unpaired) electrons. The quantitative estimate of drug-likeness (QED) is 0.304. The molecule has 5 rings (SSSR count). The molecule has 33 heavy (non-hydrogen) atoms. The Morgan fingerprint density at radius 3 is 2.36 bits per heavy atom. The molecule has 6 heteroatoms. The molecule has 2 aromatic carbocycles. The second-order valence-corrected chi connectivity index (χ2v) is 9.69. The fourth-order valence-electron chi connectivity index (χ4n) is 4.75. The zero-order chi connectivity index (χ0) is 23.1. The number of halogens is 1. The number of nitrogens with one attached hydrogen (secondary N) is 1. The lowest BCUT2D eigenvalue weighted by atomic mass is 9.96. The smallest absolute Gasteiger partial charge is 0.174 e. The lowest BCUT2D eigenvalue weighted by Gasteiger charge is -2.28. The van der Waals surface area contributed by atoms with Gasteiger partial charge in [0.2, 0.25) is 0 Å². The Morgan fingerprint density at radius 2 is 1.67 bits per heavy atom. The molecular formula is C27H25BrN4S. The fraction of sp³-hybridized carbons (Fsp3) is 0.185. The van der Waals surface area contributed by atoms with Crippen molar-refractivity contribution in [2.24, 2.45) is 0 Å². The predicted octanol–water partition coefficient (Wildman–Crippen LogP) is 6.74. The number of hydrogen-bond acceptors (Lipinski definition) is 2. The molecule has 3 heterocycles. The number of anilines is 1. The molecule has 4 nitrogen and oxygen atoms in total. The highest BCUT2D eigenvalue weighted by atomic mass is 79.9. The van der Waals surface area contributed by atoms with Gasteiger partial charge in [-0.2, -0.15) is 0 Å². The summed E-state index contributed by atoms with van der Waals surface area (Å²) in [5.41, 5.74) is 8.00. The van der Waals surface area contributed by atoms with Crippen molar-refractivity contribution in [3.8, 4) is 5.69 Å². The van der Waals surface area contributed by atoms with Gasteiger partial charge in [-0.05, 0) is 96.9 Å². The van der Waals surface area contributed by atoms with Gasteiger partial charge < -0.3 is 14.8 Å². The number of benzene rings is 2. The van der Waals surface area contributed by atoms with Gasteiger partial charge in [0.05, 0.1) is 23.5 Å². The summed E-state index contributed by atoms with van der Waals surface area (Å²) in [6, 6.07) is 25.1. The summed E-state index contributed by atoms with van der Waals surface area (Å²) in [6.07, 6.45) is 1.84. The average Bonchev–Trinajstić information content (AvgIpc) is 3.31. The summed E-state index contributed by atoms with van der Waals surface area (Å²) in [5.74, 6) is 0. The molecule has 1 aliphatic rings. The van der Waals surface area contributed by atoms with Crippen LogP contribution in [0, 0.1) is 20.8 Å². The second-order valence-electron chi connectivity index (χ2n) is 8.45. The molecule has 1 fully saturated rings. The third-order valence-corrected chi connectivity index (χ3v) is 7.28. The van der Waals surface area contributed by atoms with E-state index in [0.717, 1.165) is 21.5 Å². The molecule has 4 aromatic rings. The summed E-state index contributed by atoms with van der Waals surface area (Å²) < 4.78 is 3.37. The van der Waals surface area contributed by atoms with Gasteiger partial charge in [0.25, 0.3) is 0 Å². The number of aryl methyl sites for hydroxylation is 2. The van der Waals surface area contributed by atoms with E-state index < -0.39 is 0 Å². The highest BCUT2D eigenvalue weighted by Gasteiger charge is 2.42. The second kappa shape index (κ2) is 8.76.